The quantitative estimate of drug-likeness (QED) is 0.282. The third-order valence-electron chi connectivity index (χ3n) is 4.83. The van der Waals surface area contributed by atoms with Crippen LogP contribution in [0.5, 0.6) is 5.75 Å². The number of anilines is 1. The molecule has 33 heavy (non-hydrogen) atoms. The molecule has 0 spiro atoms. The van der Waals surface area contributed by atoms with Crippen LogP contribution in [0.2, 0.25) is 0 Å². The van der Waals surface area contributed by atoms with Crippen LogP contribution in [0.25, 0.3) is 5.70 Å². The highest BCUT2D eigenvalue weighted by Crippen LogP contribution is 2.36. The highest BCUT2D eigenvalue weighted by atomic mass is 79.9. The molecule has 0 aliphatic heterocycles. The average molecular weight is 510 g/mol. The molecule has 4 nitrogen and oxygen atoms in total. The van der Waals surface area contributed by atoms with Crippen molar-refractivity contribution in [1.29, 1.82) is 0 Å². The zero-order valence-corrected chi connectivity index (χ0v) is 20.2. The molecule has 0 N–H and O–H groups in total. The van der Waals surface area contributed by atoms with Crippen LogP contribution in [0.15, 0.2) is 90.1 Å². The molecule has 170 valence electrons. The molecule has 0 fully saturated rings. The van der Waals surface area contributed by atoms with E-state index in [1.54, 1.807) is 37.3 Å². The SMILES string of the molecule is C=C(C)N(C(=C)c1cc(Br)ccc1OCc1ccc(F)cc1)c1cccc(C(=O)OCC)c1. The van der Waals surface area contributed by atoms with Crippen molar-refractivity contribution >= 4 is 33.3 Å². The first-order chi connectivity index (χ1) is 15.8. The molecule has 0 saturated heterocycles. The van der Waals surface area contributed by atoms with E-state index in [2.05, 4.69) is 29.1 Å². The number of hydrogen-bond donors (Lipinski definition) is 0. The van der Waals surface area contributed by atoms with Gasteiger partial charge in [-0.2, -0.15) is 0 Å². The van der Waals surface area contributed by atoms with Gasteiger partial charge in [-0.3, -0.25) is 0 Å². The van der Waals surface area contributed by atoms with Gasteiger partial charge in [0.05, 0.1) is 12.2 Å². The van der Waals surface area contributed by atoms with Gasteiger partial charge in [0.15, 0.2) is 0 Å². The first-order valence-electron chi connectivity index (χ1n) is 10.4. The Labute approximate surface area is 202 Å². The van der Waals surface area contributed by atoms with Crippen molar-refractivity contribution in [3.8, 4) is 5.75 Å². The van der Waals surface area contributed by atoms with E-state index in [0.29, 0.717) is 29.3 Å². The third-order valence-corrected chi connectivity index (χ3v) is 5.32. The Kier molecular flexibility index (Phi) is 8.06. The Morgan fingerprint density at radius 3 is 2.45 bits per heavy atom. The zero-order chi connectivity index (χ0) is 24.0. The Morgan fingerprint density at radius 1 is 1.06 bits per heavy atom. The van der Waals surface area contributed by atoms with Gasteiger partial charge in [-0.1, -0.05) is 47.3 Å². The topological polar surface area (TPSA) is 38.8 Å². The summed E-state index contributed by atoms with van der Waals surface area (Å²) in [5.74, 6) is -0.0728. The molecule has 0 bridgehead atoms. The minimum absolute atomic E-state index is 0.271. The van der Waals surface area contributed by atoms with Gasteiger partial charge >= 0.3 is 5.97 Å². The maximum atomic E-state index is 13.2. The molecule has 3 aromatic rings. The fraction of sp³-hybridized carbons (Fsp3) is 0.148. The standard InChI is InChI=1S/C27H25BrFNO3/c1-5-32-27(31)21-7-6-8-24(15-21)30(18(2)3)19(4)25-16-22(28)11-14-26(25)33-17-20-9-12-23(29)13-10-20/h6-16H,2,4-5,17H2,1,3H3. The molecule has 6 heteroatoms. The van der Waals surface area contributed by atoms with Crippen LogP contribution in [0.1, 0.15) is 35.3 Å². The van der Waals surface area contributed by atoms with E-state index in [1.165, 1.54) is 12.1 Å². The molecule has 0 amide bonds. The number of rotatable bonds is 9. The first kappa shape index (κ1) is 24.3. The summed E-state index contributed by atoms with van der Waals surface area (Å²) in [7, 11) is 0. The van der Waals surface area contributed by atoms with E-state index in [1.807, 2.05) is 36.1 Å². The van der Waals surface area contributed by atoms with E-state index >= 15 is 0 Å². The Hall–Kier alpha value is -3.38. The minimum atomic E-state index is -0.391. The van der Waals surface area contributed by atoms with E-state index in [9.17, 15) is 9.18 Å². The van der Waals surface area contributed by atoms with Gasteiger partial charge in [-0.05, 0) is 67.9 Å². The molecular formula is C27H25BrFNO3. The van der Waals surface area contributed by atoms with Crippen LogP contribution in [0, 0.1) is 5.82 Å². The summed E-state index contributed by atoms with van der Waals surface area (Å²) in [6.07, 6.45) is 0. The maximum Gasteiger partial charge on any atom is 0.338 e. The number of carbonyl (C=O) groups excluding carboxylic acids is 1. The second-order valence-corrected chi connectivity index (χ2v) is 8.26. The highest BCUT2D eigenvalue weighted by molar-refractivity contribution is 9.10. The fourth-order valence-electron chi connectivity index (χ4n) is 3.31. The van der Waals surface area contributed by atoms with Crippen molar-refractivity contribution in [1.82, 2.24) is 0 Å². The maximum absolute atomic E-state index is 13.2. The van der Waals surface area contributed by atoms with Gasteiger partial charge in [-0.25, -0.2) is 9.18 Å². The second kappa shape index (κ2) is 11.0. The molecular weight excluding hydrogens is 485 g/mol. The van der Waals surface area contributed by atoms with Crippen LogP contribution in [0.4, 0.5) is 10.1 Å². The van der Waals surface area contributed by atoms with E-state index in [0.717, 1.165) is 21.3 Å². The summed E-state index contributed by atoms with van der Waals surface area (Å²) in [6.45, 7) is 12.6. The summed E-state index contributed by atoms with van der Waals surface area (Å²) in [4.78, 5) is 14.1. The van der Waals surface area contributed by atoms with E-state index < -0.39 is 5.97 Å². The van der Waals surface area contributed by atoms with Crippen LogP contribution >= 0.6 is 15.9 Å². The van der Waals surface area contributed by atoms with Gasteiger partial charge in [0.2, 0.25) is 0 Å². The van der Waals surface area contributed by atoms with Crippen molar-refractivity contribution in [3.63, 3.8) is 0 Å². The number of halogens is 2. The predicted molar refractivity (Wildman–Crippen MR) is 134 cm³/mol. The smallest absolute Gasteiger partial charge is 0.338 e. The van der Waals surface area contributed by atoms with Crippen LogP contribution < -0.4 is 9.64 Å². The largest absolute Gasteiger partial charge is 0.488 e. The molecule has 0 atom stereocenters. The van der Waals surface area contributed by atoms with Crippen LogP contribution in [0.3, 0.4) is 0 Å². The Morgan fingerprint density at radius 2 is 1.79 bits per heavy atom. The number of ether oxygens (including phenoxy) is 2. The Balaban J connectivity index is 1.93. The molecule has 0 aliphatic carbocycles. The lowest BCUT2D eigenvalue weighted by Gasteiger charge is -2.28. The highest BCUT2D eigenvalue weighted by Gasteiger charge is 2.19. The predicted octanol–water partition coefficient (Wildman–Crippen LogP) is 7.35. The van der Waals surface area contributed by atoms with Gasteiger partial charge < -0.3 is 14.4 Å². The van der Waals surface area contributed by atoms with Crippen LogP contribution in [-0.2, 0) is 11.3 Å². The van der Waals surface area contributed by atoms with Crippen molar-refractivity contribution in [2.24, 2.45) is 0 Å². The summed E-state index contributed by atoms with van der Waals surface area (Å²) in [5.41, 5.74) is 4.09. The number of esters is 1. The summed E-state index contributed by atoms with van der Waals surface area (Å²) in [6, 6.07) is 18.9. The van der Waals surface area contributed by atoms with E-state index in [4.69, 9.17) is 9.47 Å². The second-order valence-electron chi connectivity index (χ2n) is 7.34. The van der Waals surface area contributed by atoms with Gasteiger partial charge in [0.1, 0.15) is 18.2 Å². The van der Waals surface area contributed by atoms with Crippen molar-refractivity contribution < 1.29 is 18.7 Å². The van der Waals surface area contributed by atoms with Gasteiger partial charge in [0, 0.05) is 27.1 Å². The van der Waals surface area contributed by atoms with Crippen molar-refractivity contribution in [2.45, 2.75) is 20.5 Å². The normalized spacial score (nSPS) is 10.4. The lowest BCUT2D eigenvalue weighted by atomic mass is 10.1. The molecule has 3 rings (SSSR count). The molecule has 0 aliphatic rings. The fourth-order valence-corrected chi connectivity index (χ4v) is 3.67. The minimum Gasteiger partial charge on any atom is -0.488 e. The third kappa shape index (κ3) is 6.11. The monoisotopic (exact) mass is 509 g/mol. The summed E-state index contributed by atoms with van der Waals surface area (Å²) >= 11 is 3.52. The molecule has 0 aromatic heterocycles. The number of hydrogen-bond acceptors (Lipinski definition) is 4. The molecule has 3 aromatic carbocycles. The number of nitrogens with zero attached hydrogens (tertiary/aromatic N) is 1. The van der Waals surface area contributed by atoms with Gasteiger partial charge in [-0.15, -0.1) is 0 Å². The molecule has 0 heterocycles. The summed E-state index contributed by atoms with van der Waals surface area (Å²) < 4.78 is 25.3. The number of allylic oxidation sites excluding steroid dienone is 1. The van der Waals surface area contributed by atoms with Gasteiger partial charge in [0.25, 0.3) is 0 Å². The first-order valence-corrected chi connectivity index (χ1v) is 11.2. The zero-order valence-electron chi connectivity index (χ0n) is 18.6. The van der Waals surface area contributed by atoms with Crippen molar-refractivity contribution in [2.75, 3.05) is 11.5 Å². The van der Waals surface area contributed by atoms with Crippen molar-refractivity contribution in [3.05, 3.63) is 113 Å². The lowest BCUT2D eigenvalue weighted by Crippen LogP contribution is -2.19. The Bertz CT molecular complexity index is 1170. The average Bonchev–Trinajstić information content (AvgIpc) is 2.79. The molecule has 0 unspecified atom stereocenters. The number of benzene rings is 3. The van der Waals surface area contributed by atoms with E-state index in [-0.39, 0.29) is 12.4 Å². The summed E-state index contributed by atoms with van der Waals surface area (Å²) in [5, 5.41) is 0. The molecule has 0 radical (unpaired) electrons. The number of carbonyl (C=O) groups is 1. The molecule has 0 saturated carbocycles. The lowest BCUT2D eigenvalue weighted by molar-refractivity contribution is 0.0526. The van der Waals surface area contributed by atoms with Crippen LogP contribution in [-0.4, -0.2) is 12.6 Å².